The Morgan fingerprint density at radius 2 is 2.09 bits per heavy atom. The van der Waals surface area contributed by atoms with E-state index in [4.69, 9.17) is 0 Å². The molecule has 64 valence electrons. The van der Waals surface area contributed by atoms with Gasteiger partial charge in [0.15, 0.2) is 0 Å². The summed E-state index contributed by atoms with van der Waals surface area (Å²) in [6.45, 7) is 10.6. The maximum atomic E-state index is 2.64. The predicted octanol–water partition coefficient (Wildman–Crippen LogP) is -0.773. The molecule has 0 aromatic carbocycles. The van der Waals surface area contributed by atoms with Crippen molar-refractivity contribution in [3.05, 3.63) is 0 Å². The molecule has 0 aromatic rings. The first-order valence-electron chi connectivity index (χ1n) is 4.94. The van der Waals surface area contributed by atoms with Gasteiger partial charge in [-0.15, -0.1) is 0 Å². The highest BCUT2D eigenvalue weighted by Gasteiger charge is 2.28. The molecule has 2 nitrogen and oxygen atoms in total. The van der Waals surface area contributed by atoms with Crippen LogP contribution in [0.5, 0.6) is 0 Å². The number of piperazine rings is 1. The topological polar surface area (TPSA) is 7.68 Å². The fraction of sp³-hybridized carbons (Fsp3) is 1.00. The van der Waals surface area contributed by atoms with Crippen molar-refractivity contribution in [1.82, 2.24) is 4.90 Å². The van der Waals surface area contributed by atoms with Crippen molar-refractivity contribution in [1.29, 1.82) is 0 Å². The van der Waals surface area contributed by atoms with Gasteiger partial charge in [0.05, 0.1) is 19.6 Å². The standard InChI is InChI=1S/C9H18N2/c1-2-9-7-10-3-4-11(8-9)6-5-10/h9H,2-8H2,1H3/p+1. The number of rotatable bonds is 1. The van der Waals surface area contributed by atoms with Crippen LogP contribution in [0, 0.1) is 5.92 Å². The minimum atomic E-state index is 0.981. The second kappa shape index (κ2) is 3.11. The van der Waals surface area contributed by atoms with Crippen molar-refractivity contribution >= 4 is 0 Å². The average Bonchev–Trinajstić information content (AvgIpc) is 2.35. The molecule has 1 N–H and O–H groups in total. The van der Waals surface area contributed by atoms with Crippen LogP contribution in [0.1, 0.15) is 13.3 Å². The lowest BCUT2D eigenvalue weighted by atomic mass is 10.1. The molecule has 3 rings (SSSR count). The van der Waals surface area contributed by atoms with Gasteiger partial charge in [0.25, 0.3) is 0 Å². The van der Waals surface area contributed by atoms with Crippen LogP contribution in [-0.4, -0.2) is 44.2 Å². The van der Waals surface area contributed by atoms with E-state index in [-0.39, 0.29) is 0 Å². The van der Waals surface area contributed by atoms with Crippen LogP contribution in [0.3, 0.4) is 0 Å². The lowest BCUT2D eigenvalue weighted by Gasteiger charge is -2.26. The number of quaternary nitrogens is 1. The number of nitrogens with one attached hydrogen (secondary N) is 1. The molecule has 0 aromatic heterocycles. The number of fused-ring (bicyclic) bond motifs is 4. The molecular formula is C9H19N2+. The highest BCUT2D eigenvalue weighted by molar-refractivity contribution is 4.70. The van der Waals surface area contributed by atoms with Crippen molar-refractivity contribution in [2.24, 2.45) is 5.92 Å². The van der Waals surface area contributed by atoms with E-state index in [2.05, 4.69) is 11.8 Å². The average molecular weight is 155 g/mol. The normalized spacial score (nSPS) is 43.9. The van der Waals surface area contributed by atoms with Crippen molar-refractivity contribution in [2.45, 2.75) is 13.3 Å². The van der Waals surface area contributed by atoms with Crippen molar-refractivity contribution < 1.29 is 4.90 Å². The number of hydrogen-bond donors (Lipinski definition) is 1. The minimum absolute atomic E-state index is 0.981. The molecule has 2 bridgehead atoms. The van der Waals surface area contributed by atoms with Crippen molar-refractivity contribution in [2.75, 3.05) is 39.3 Å². The third-order valence-corrected chi connectivity index (χ3v) is 3.23. The van der Waals surface area contributed by atoms with Crippen LogP contribution in [0.4, 0.5) is 0 Å². The Kier molecular flexibility index (Phi) is 2.14. The highest BCUT2D eigenvalue weighted by Crippen LogP contribution is 2.07. The molecule has 2 heteroatoms. The van der Waals surface area contributed by atoms with Crippen molar-refractivity contribution in [3.63, 3.8) is 0 Å². The molecule has 3 saturated heterocycles. The summed E-state index contributed by atoms with van der Waals surface area (Å²) in [6.07, 6.45) is 1.38. The monoisotopic (exact) mass is 155 g/mol. The summed E-state index contributed by atoms with van der Waals surface area (Å²) in [5, 5.41) is 0. The highest BCUT2D eigenvalue weighted by atomic mass is 15.3. The van der Waals surface area contributed by atoms with E-state index in [0.29, 0.717) is 0 Å². The fourth-order valence-electron chi connectivity index (χ4n) is 2.37. The Morgan fingerprint density at radius 1 is 1.36 bits per heavy atom. The van der Waals surface area contributed by atoms with E-state index in [9.17, 15) is 0 Å². The van der Waals surface area contributed by atoms with Gasteiger partial charge < -0.3 is 4.90 Å². The van der Waals surface area contributed by atoms with Crippen molar-refractivity contribution in [3.8, 4) is 0 Å². The van der Waals surface area contributed by atoms with E-state index in [1.165, 1.54) is 45.7 Å². The summed E-state index contributed by atoms with van der Waals surface area (Å²) in [5.41, 5.74) is 0. The molecule has 0 spiro atoms. The molecule has 0 saturated carbocycles. The summed E-state index contributed by atoms with van der Waals surface area (Å²) < 4.78 is 0. The third-order valence-electron chi connectivity index (χ3n) is 3.23. The smallest absolute Gasteiger partial charge is 0.0900 e. The van der Waals surface area contributed by atoms with Gasteiger partial charge in [-0.3, -0.25) is 4.90 Å². The summed E-state index contributed by atoms with van der Waals surface area (Å²) in [4.78, 5) is 4.50. The Bertz CT molecular complexity index is 114. The van der Waals surface area contributed by atoms with Gasteiger partial charge in [0, 0.05) is 25.6 Å². The lowest BCUT2D eigenvalue weighted by molar-refractivity contribution is -0.904. The van der Waals surface area contributed by atoms with E-state index >= 15 is 0 Å². The van der Waals surface area contributed by atoms with Crippen LogP contribution in [0.15, 0.2) is 0 Å². The first-order chi connectivity index (χ1) is 5.38. The molecule has 3 aliphatic heterocycles. The zero-order chi connectivity index (χ0) is 7.68. The Morgan fingerprint density at radius 3 is 2.73 bits per heavy atom. The molecule has 1 unspecified atom stereocenters. The van der Waals surface area contributed by atoms with E-state index in [1.807, 2.05) is 4.90 Å². The van der Waals surface area contributed by atoms with Crippen LogP contribution < -0.4 is 4.90 Å². The molecule has 1 atom stereocenters. The minimum Gasteiger partial charge on any atom is -0.333 e. The molecule has 0 aliphatic carbocycles. The number of hydrogen-bond acceptors (Lipinski definition) is 1. The Labute approximate surface area is 69.2 Å². The van der Waals surface area contributed by atoms with E-state index < -0.39 is 0 Å². The van der Waals surface area contributed by atoms with Gasteiger partial charge >= 0.3 is 0 Å². The van der Waals surface area contributed by atoms with Crippen LogP contribution in [0.2, 0.25) is 0 Å². The maximum absolute atomic E-state index is 2.64. The summed E-state index contributed by atoms with van der Waals surface area (Å²) in [7, 11) is 0. The number of nitrogens with zero attached hydrogens (tertiary/aromatic N) is 1. The summed E-state index contributed by atoms with van der Waals surface area (Å²) in [6, 6.07) is 0. The molecule has 3 fully saturated rings. The molecular weight excluding hydrogens is 136 g/mol. The first kappa shape index (κ1) is 7.56. The van der Waals surface area contributed by atoms with Gasteiger partial charge in [-0.2, -0.15) is 0 Å². The quantitative estimate of drug-likeness (QED) is 0.522. The second-order valence-corrected chi connectivity index (χ2v) is 4.03. The Hall–Kier alpha value is -0.0800. The second-order valence-electron chi connectivity index (χ2n) is 4.03. The third kappa shape index (κ3) is 1.57. The Balaban J connectivity index is 2.00. The molecule has 11 heavy (non-hydrogen) atoms. The van der Waals surface area contributed by atoms with Gasteiger partial charge in [0.2, 0.25) is 0 Å². The largest absolute Gasteiger partial charge is 0.333 e. The first-order valence-corrected chi connectivity index (χ1v) is 4.94. The van der Waals surface area contributed by atoms with Crippen LogP contribution >= 0.6 is 0 Å². The molecule has 3 heterocycles. The van der Waals surface area contributed by atoms with Gasteiger partial charge in [-0.25, -0.2) is 0 Å². The predicted molar refractivity (Wildman–Crippen MR) is 45.8 cm³/mol. The maximum Gasteiger partial charge on any atom is 0.0900 e. The van der Waals surface area contributed by atoms with Crippen LogP contribution in [-0.2, 0) is 0 Å². The fourth-order valence-corrected chi connectivity index (χ4v) is 2.37. The van der Waals surface area contributed by atoms with Gasteiger partial charge in [-0.1, -0.05) is 6.92 Å². The van der Waals surface area contributed by atoms with E-state index in [1.54, 1.807) is 0 Å². The summed E-state index contributed by atoms with van der Waals surface area (Å²) in [5.74, 6) is 0.981. The zero-order valence-corrected chi connectivity index (χ0v) is 7.47. The zero-order valence-electron chi connectivity index (χ0n) is 7.47. The van der Waals surface area contributed by atoms with E-state index in [0.717, 1.165) is 5.92 Å². The van der Waals surface area contributed by atoms with Gasteiger partial charge in [-0.05, 0) is 6.42 Å². The molecule has 3 aliphatic rings. The summed E-state index contributed by atoms with van der Waals surface area (Å²) >= 11 is 0. The molecule has 0 amide bonds. The lowest BCUT2D eigenvalue weighted by Crippen LogP contribution is -3.14. The van der Waals surface area contributed by atoms with Gasteiger partial charge in [0.1, 0.15) is 0 Å². The molecule has 0 radical (unpaired) electrons. The SMILES string of the molecule is CCC1CN2CC[NH+](CC2)C1. The van der Waals surface area contributed by atoms with Crippen LogP contribution in [0.25, 0.3) is 0 Å².